The summed E-state index contributed by atoms with van der Waals surface area (Å²) in [5.41, 5.74) is 1.11. The number of hydrogen-bond donors (Lipinski definition) is 1. The van der Waals surface area contributed by atoms with Crippen LogP contribution in [0.3, 0.4) is 0 Å². The molecular weight excluding hydrogens is 266 g/mol. The van der Waals surface area contributed by atoms with Crippen molar-refractivity contribution in [1.82, 2.24) is 14.9 Å². The van der Waals surface area contributed by atoms with Gasteiger partial charge >= 0.3 is 0 Å². The molecular formula is C16H23N3O2. The third kappa shape index (κ3) is 5.11. The molecule has 0 fully saturated rings. The molecule has 1 heterocycles. The van der Waals surface area contributed by atoms with Crippen molar-refractivity contribution in [3.8, 4) is 11.5 Å². The molecule has 5 nitrogen and oxygen atoms in total. The Balaban J connectivity index is 1.72. The van der Waals surface area contributed by atoms with Gasteiger partial charge in [-0.05, 0) is 30.8 Å². The summed E-state index contributed by atoms with van der Waals surface area (Å²) in [5, 5.41) is 3.30. The summed E-state index contributed by atoms with van der Waals surface area (Å²) in [7, 11) is 1.66. The lowest BCUT2D eigenvalue weighted by atomic mass is 10.3. The van der Waals surface area contributed by atoms with Crippen LogP contribution in [0.2, 0.25) is 0 Å². The second kappa shape index (κ2) is 8.32. The molecule has 0 bridgehead atoms. The van der Waals surface area contributed by atoms with Crippen molar-refractivity contribution in [2.45, 2.75) is 19.9 Å². The molecule has 1 aromatic heterocycles. The molecule has 0 amide bonds. The fourth-order valence-electron chi connectivity index (χ4n) is 1.99. The summed E-state index contributed by atoms with van der Waals surface area (Å²) in [4.78, 5) is 4.39. The number of ether oxygens (including phenoxy) is 2. The Morgan fingerprint density at radius 2 is 1.95 bits per heavy atom. The predicted molar refractivity (Wildman–Crippen MR) is 83.0 cm³/mol. The predicted octanol–water partition coefficient (Wildman–Crippen LogP) is 2.12. The fourth-order valence-corrected chi connectivity index (χ4v) is 1.99. The lowest BCUT2D eigenvalue weighted by Gasteiger charge is -2.07. The average molecular weight is 289 g/mol. The summed E-state index contributed by atoms with van der Waals surface area (Å²) < 4.78 is 12.9. The van der Waals surface area contributed by atoms with Crippen molar-refractivity contribution in [2.24, 2.45) is 0 Å². The second-order valence-corrected chi connectivity index (χ2v) is 4.73. The zero-order valence-electron chi connectivity index (χ0n) is 12.7. The van der Waals surface area contributed by atoms with E-state index >= 15 is 0 Å². The van der Waals surface area contributed by atoms with Crippen LogP contribution < -0.4 is 14.8 Å². The first-order chi connectivity index (χ1) is 10.3. The van der Waals surface area contributed by atoms with Gasteiger partial charge in [0.1, 0.15) is 18.1 Å². The summed E-state index contributed by atoms with van der Waals surface area (Å²) in [6.07, 6.45) is 4.90. The van der Waals surface area contributed by atoms with E-state index in [0.29, 0.717) is 6.61 Å². The molecule has 1 N–H and O–H groups in total. The Kier molecular flexibility index (Phi) is 6.09. The van der Waals surface area contributed by atoms with Crippen LogP contribution in [-0.4, -0.2) is 36.4 Å². The van der Waals surface area contributed by atoms with Gasteiger partial charge in [0, 0.05) is 19.2 Å². The van der Waals surface area contributed by atoms with Gasteiger partial charge < -0.3 is 19.4 Å². The van der Waals surface area contributed by atoms with E-state index in [-0.39, 0.29) is 0 Å². The molecule has 2 rings (SSSR count). The van der Waals surface area contributed by atoms with Gasteiger partial charge in [-0.25, -0.2) is 4.98 Å². The Morgan fingerprint density at radius 3 is 2.67 bits per heavy atom. The molecule has 21 heavy (non-hydrogen) atoms. The molecule has 0 radical (unpaired) electrons. The first-order valence-corrected chi connectivity index (χ1v) is 7.30. The zero-order valence-corrected chi connectivity index (χ0v) is 12.7. The topological polar surface area (TPSA) is 48.3 Å². The summed E-state index contributed by atoms with van der Waals surface area (Å²) in [6.45, 7) is 5.48. The molecule has 114 valence electrons. The number of aromatic nitrogens is 2. The van der Waals surface area contributed by atoms with Crippen molar-refractivity contribution >= 4 is 0 Å². The molecule has 0 saturated heterocycles. The minimum Gasteiger partial charge on any atom is -0.497 e. The first kappa shape index (κ1) is 15.4. The molecule has 5 heteroatoms. The van der Waals surface area contributed by atoms with Crippen LogP contribution >= 0.6 is 0 Å². The summed E-state index contributed by atoms with van der Waals surface area (Å²) in [5.74, 6) is 1.69. The molecule has 0 saturated carbocycles. The van der Waals surface area contributed by atoms with Crippen LogP contribution in [0.5, 0.6) is 11.5 Å². The highest BCUT2D eigenvalue weighted by Crippen LogP contribution is 2.16. The van der Waals surface area contributed by atoms with E-state index < -0.39 is 0 Å². The average Bonchev–Trinajstić information content (AvgIpc) is 2.96. The highest BCUT2D eigenvalue weighted by atomic mass is 16.5. The molecule has 0 aliphatic carbocycles. The number of hydrogen-bond acceptors (Lipinski definition) is 4. The number of rotatable bonds is 9. The lowest BCUT2D eigenvalue weighted by Crippen LogP contribution is -2.16. The van der Waals surface area contributed by atoms with E-state index in [0.717, 1.165) is 43.2 Å². The smallest absolute Gasteiger partial charge is 0.119 e. The summed E-state index contributed by atoms with van der Waals surface area (Å²) >= 11 is 0. The maximum atomic E-state index is 5.70. The number of nitrogens with zero attached hydrogens (tertiary/aromatic N) is 2. The minimum atomic E-state index is 0.620. The second-order valence-electron chi connectivity index (χ2n) is 4.73. The van der Waals surface area contributed by atoms with E-state index in [4.69, 9.17) is 9.47 Å². The van der Waals surface area contributed by atoms with E-state index in [1.807, 2.05) is 30.6 Å². The first-order valence-electron chi connectivity index (χ1n) is 7.30. The van der Waals surface area contributed by atoms with Crippen LogP contribution in [0.4, 0.5) is 0 Å². The van der Waals surface area contributed by atoms with Crippen LogP contribution in [0.15, 0.2) is 36.8 Å². The van der Waals surface area contributed by atoms with Crippen LogP contribution in [-0.2, 0) is 13.0 Å². The van der Waals surface area contributed by atoms with E-state index in [9.17, 15) is 0 Å². The number of imidazole rings is 1. The normalized spacial score (nSPS) is 10.6. The van der Waals surface area contributed by atoms with Gasteiger partial charge in [0.2, 0.25) is 0 Å². The molecule has 0 unspecified atom stereocenters. The molecule has 0 atom stereocenters. The standard InChI is InChI=1S/C16H23N3O2/c1-3-17-9-8-14-12-19(13-18-14)10-11-21-16-6-4-15(20-2)5-7-16/h4-7,12-13,17H,3,8-11H2,1-2H3. The summed E-state index contributed by atoms with van der Waals surface area (Å²) in [6, 6.07) is 7.61. The third-order valence-corrected chi connectivity index (χ3v) is 3.17. The number of methoxy groups -OCH3 is 1. The van der Waals surface area contributed by atoms with E-state index in [2.05, 4.69) is 28.0 Å². The fraction of sp³-hybridized carbons (Fsp3) is 0.438. The minimum absolute atomic E-state index is 0.620. The maximum Gasteiger partial charge on any atom is 0.119 e. The van der Waals surface area contributed by atoms with Gasteiger partial charge in [-0.3, -0.25) is 0 Å². The highest BCUT2D eigenvalue weighted by molar-refractivity contribution is 5.31. The Labute approximate surface area is 125 Å². The molecule has 2 aromatic rings. The molecule has 0 aliphatic heterocycles. The van der Waals surface area contributed by atoms with Crippen molar-refractivity contribution in [2.75, 3.05) is 26.8 Å². The van der Waals surface area contributed by atoms with E-state index in [1.54, 1.807) is 7.11 Å². The maximum absolute atomic E-state index is 5.70. The largest absolute Gasteiger partial charge is 0.497 e. The quantitative estimate of drug-likeness (QED) is 0.718. The monoisotopic (exact) mass is 289 g/mol. The van der Waals surface area contributed by atoms with Gasteiger partial charge in [0.15, 0.2) is 0 Å². The Hall–Kier alpha value is -2.01. The number of nitrogens with one attached hydrogen (secondary N) is 1. The van der Waals surface area contributed by atoms with Gasteiger partial charge in [0.25, 0.3) is 0 Å². The highest BCUT2D eigenvalue weighted by Gasteiger charge is 2.00. The SMILES string of the molecule is CCNCCc1cn(CCOc2ccc(OC)cc2)cn1. The van der Waals surface area contributed by atoms with Crippen LogP contribution in [0.1, 0.15) is 12.6 Å². The van der Waals surface area contributed by atoms with Crippen molar-refractivity contribution in [3.05, 3.63) is 42.5 Å². The van der Waals surface area contributed by atoms with Crippen molar-refractivity contribution < 1.29 is 9.47 Å². The number of benzene rings is 1. The van der Waals surface area contributed by atoms with Crippen molar-refractivity contribution in [1.29, 1.82) is 0 Å². The molecule has 0 aliphatic rings. The third-order valence-electron chi connectivity index (χ3n) is 3.17. The van der Waals surface area contributed by atoms with Crippen LogP contribution in [0, 0.1) is 0 Å². The van der Waals surface area contributed by atoms with Crippen molar-refractivity contribution in [3.63, 3.8) is 0 Å². The molecule has 0 spiro atoms. The number of likely N-dealkylation sites (N-methyl/N-ethyl adjacent to an activating group) is 1. The Bertz CT molecular complexity index is 523. The molecule has 1 aromatic carbocycles. The van der Waals surface area contributed by atoms with Gasteiger partial charge in [0.05, 0.1) is 25.7 Å². The van der Waals surface area contributed by atoms with Gasteiger partial charge in [-0.2, -0.15) is 0 Å². The van der Waals surface area contributed by atoms with Crippen LogP contribution in [0.25, 0.3) is 0 Å². The van der Waals surface area contributed by atoms with E-state index in [1.165, 1.54) is 0 Å². The van der Waals surface area contributed by atoms with Gasteiger partial charge in [-0.15, -0.1) is 0 Å². The van der Waals surface area contributed by atoms with Gasteiger partial charge in [-0.1, -0.05) is 6.92 Å². The lowest BCUT2D eigenvalue weighted by molar-refractivity contribution is 0.297. The zero-order chi connectivity index (χ0) is 14.9. The Morgan fingerprint density at radius 1 is 1.19 bits per heavy atom.